The third-order valence-electron chi connectivity index (χ3n) is 7.72. The second-order valence-electron chi connectivity index (χ2n) is 10.7. The molecule has 5 heterocycles. The fourth-order valence-corrected chi connectivity index (χ4v) is 5.29. The second-order valence-corrected chi connectivity index (χ2v) is 10.7. The molecule has 1 aromatic carbocycles. The quantitative estimate of drug-likeness (QED) is 0.308. The normalized spacial score (nSPS) is 18.9. The average Bonchev–Trinajstić information content (AvgIpc) is 3.73. The average molecular weight is 560 g/mol. The maximum absolute atomic E-state index is 13.4. The van der Waals surface area contributed by atoms with Crippen molar-refractivity contribution in [1.29, 1.82) is 0 Å². The summed E-state index contributed by atoms with van der Waals surface area (Å²) < 4.78 is 35.9. The molecule has 0 radical (unpaired) electrons. The van der Waals surface area contributed by atoms with Crippen LogP contribution in [0.3, 0.4) is 0 Å². The van der Waals surface area contributed by atoms with Gasteiger partial charge in [0.15, 0.2) is 0 Å². The molecule has 2 fully saturated rings. The number of aryl methyl sites for hydroxylation is 1. The highest BCUT2D eigenvalue weighted by molar-refractivity contribution is 6.09. The molecule has 1 N–H and O–H groups in total. The molecular formula is C28H27F2N9O2. The zero-order valence-electron chi connectivity index (χ0n) is 22.2. The number of nitrogens with zero attached hydrogens (tertiary/aromatic N) is 8. The van der Waals surface area contributed by atoms with Crippen molar-refractivity contribution in [3.8, 4) is 22.5 Å². The zero-order chi connectivity index (χ0) is 28.1. The molecule has 1 amide bonds. The first-order chi connectivity index (χ1) is 19.8. The van der Waals surface area contributed by atoms with Crippen LogP contribution in [0.15, 0.2) is 55.1 Å². The molecular weight excluding hydrogens is 532 g/mol. The van der Waals surface area contributed by atoms with Crippen LogP contribution in [0, 0.1) is 6.92 Å². The monoisotopic (exact) mass is 559 g/mol. The van der Waals surface area contributed by atoms with Gasteiger partial charge in [0.1, 0.15) is 6.23 Å². The number of carbonyl (C=O) groups excluding carboxylic acids is 1. The van der Waals surface area contributed by atoms with Crippen molar-refractivity contribution in [1.82, 2.24) is 39.6 Å². The van der Waals surface area contributed by atoms with Gasteiger partial charge in [0.25, 0.3) is 11.8 Å². The number of hydrogen-bond donors (Lipinski definition) is 1. The summed E-state index contributed by atoms with van der Waals surface area (Å²) in [5, 5.41) is 24.1. The molecule has 1 atom stereocenters. The van der Waals surface area contributed by atoms with Crippen LogP contribution in [-0.4, -0.2) is 58.0 Å². The Labute approximate surface area is 233 Å². The van der Waals surface area contributed by atoms with Gasteiger partial charge in [-0.2, -0.15) is 15.0 Å². The van der Waals surface area contributed by atoms with Crippen LogP contribution in [0.5, 0.6) is 0 Å². The van der Waals surface area contributed by atoms with E-state index in [9.17, 15) is 13.6 Å². The Morgan fingerprint density at radius 1 is 1.07 bits per heavy atom. The maximum Gasteiger partial charge on any atom is 0.259 e. The van der Waals surface area contributed by atoms with E-state index in [2.05, 4.69) is 30.9 Å². The Morgan fingerprint density at radius 2 is 1.95 bits per heavy atom. The molecule has 0 spiro atoms. The number of pyridine rings is 1. The number of tetrazole rings is 1. The molecule has 41 heavy (non-hydrogen) atoms. The Bertz CT molecular complexity index is 1740. The first-order valence-electron chi connectivity index (χ1n) is 13.6. The van der Waals surface area contributed by atoms with E-state index in [1.54, 1.807) is 16.8 Å². The highest BCUT2D eigenvalue weighted by Gasteiger charge is 2.47. The number of hydrogen-bond acceptors (Lipinski definition) is 7. The van der Waals surface area contributed by atoms with Crippen molar-refractivity contribution in [3.63, 3.8) is 0 Å². The second kappa shape index (κ2) is 9.84. The summed E-state index contributed by atoms with van der Waals surface area (Å²) in [5.74, 6) is -2.70. The highest BCUT2D eigenvalue weighted by Crippen LogP contribution is 2.44. The molecule has 210 valence electrons. The minimum Gasteiger partial charge on any atom is -0.357 e. The maximum atomic E-state index is 13.4. The molecule has 0 bridgehead atoms. The number of halogens is 2. The number of alkyl halides is 2. The van der Waals surface area contributed by atoms with Crippen molar-refractivity contribution in [2.45, 2.75) is 57.2 Å². The standard InChI is InChI=1S/C28H27F2N9O2/c1-17-5-6-19(26-34-36-39(35-26)21-12-28(29,30)13-21)10-23(17)33-27(40)22-15-32-37-8-7-18(11-24(22)37)20-14-31-38(16-20)25-4-2-3-9-41-25/h5-8,10-11,14-16,21,25H,2-4,9,12-13H2,1H3,(H,33,40). The number of benzene rings is 1. The van der Waals surface area contributed by atoms with Gasteiger partial charge in [0.2, 0.25) is 5.82 Å². The molecule has 1 saturated heterocycles. The molecule has 13 heteroatoms. The van der Waals surface area contributed by atoms with Crippen LogP contribution >= 0.6 is 0 Å². The minimum absolute atomic E-state index is 0.0563. The summed E-state index contributed by atoms with van der Waals surface area (Å²) in [5.41, 5.74) is 4.91. The van der Waals surface area contributed by atoms with E-state index in [4.69, 9.17) is 4.74 Å². The first kappa shape index (κ1) is 25.4. The number of aromatic nitrogens is 8. The van der Waals surface area contributed by atoms with E-state index < -0.39 is 12.0 Å². The predicted octanol–water partition coefficient (Wildman–Crippen LogP) is 5.08. The van der Waals surface area contributed by atoms with E-state index in [1.807, 2.05) is 48.3 Å². The lowest BCUT2D eigenvalue weighted by atomic mass is 9.89. The summed E-state index contributed by atoms with van der Waals surface area (Å²) in [7, 11) is 0. The molecule has 1 saturated carbocycles. The lowest BCUT2D eigenvalue weighted by Gasteiger charge is -2.33. The number of fused-ring (bicyclic) bond motifs is 1. The van der Waals surface area contributed by atoms with Crippen LogP contribution in [0.1, 0.15) is 60.3 Å². The third kappa shape index (κ3) is 4.86. The van der Waals surface area contributed by atoms with Gasteiger partial charge in [-0.25, -0.2) is 18.0 Å². The van der Waals surface area contributed by atoms with Gasteiger partial charge in [-0.15, -0.1) is 10.2 Å². The summed E-state index contributed by atoms with van der Waals surface area (Å²) >= 11 is 0. The van der Waals surface area contributed by atoms with Crippen LogP contribution in [-0.2, 0) is 4.74 Å². The van der Waals surface area contributed by atoms with Gasteiger partial charge in [0.05, 0.1) is 29.5 Å². The number of nitrogens with one attached hydrogen (secondary N) is 1. The van der Waals surface area contributed by atoms with Gasteiger partial charge < -0.3 is 10.1 Å². The number of amides is 1. The van der Waals surface area contributed by atoms with Crippen molar-refractivity contribution in [3.05, 3.63) is 66.2 Å². The summed E-state index contributed by atoms with van der Waals surface area (Å²) in [4.78, 5) is 14.7. The van der Waals surface area contributed by atoms with Gasteiger partial charge in [-0.1, -0.05) is 12.1 Å². The first-order valence-corrected chi connectivity index (χ1v) is 13.6. The minimum atomic E-state index is -2.68. The van der Waals surface area contributed by atoms with Crippen molar-refractivity contribution >= 4 is 17.1 Å². The Morgan fingerprint density at radius 3 is 2.76 bits per heavy atom. The van der Waals surface area contributed by atoms with E-state index in [0.29, 0.717) is 28.2 Å². The number of anilines is 1. The third-order valence-corrected chi connectivity index (χ3v) is 7.72. The zero-order valence-corrected chi connectivity index (χ0v) is 22.2. The molecule has 7 rings (SSSR count). The molecule has 1 aliphatic carbocycles. The Hall–Kier alpha value is -4.52. The SMILES string of the molecule is Cc1ccc(-c2nnn(C3CC(F)(F)C3)n2)cc1NC(=O)c1cnn2ccc(-c3cnn(C4CCCCO4)c3)cc12. The highest BCUT2D eigenvalue weighted by atomic mass is 19.3. The lowest BCUT2D eigenvalue weighted by molar-refractivity contribution is -0.110. The van der Waals surface area contributed by atoms with Crippen LogP contribution in [0.4, 0.5) is 14.5 Å². The van der Waals surface area contributed by atoms with Crippen molar-refractivity contribution in [2.75, 3.05) is 11.9 Å². The van der Waals surface area contributed by atoms with E-state index in [-0.39, 0.29) is 25.0 Å². The number of rotatable bonds is 6. The van der Waals surface area contributed by atoms with Crippen molar-refractivity contribution < 1.29 is 18.3 Å². The molecule has 5 aromatic rings. The van der Waals surface area contributed by atoms with Crippen molar-refractivity contribution in [2.24, 2.45) is 0 Å². The van der Waals surface area contributed by atoms with Gasteiger partial charge in [-0.05, 0) is 60.7 Å². The molecule has 11 nitrogen and oxygen atoms in total. The van der Waals surface area contributed by atoms with Crippen LogP contribution < -0.4 is 5.32 Å². The van der Waals surface area contributed by atoms with Gasteiger partial charge in [0, 0.05) is 48.7 Å². The summed E-state index contributed by atoms with van der Waals surface area (Å²) in [6.07, 6.45) is 9.58. The topological polar surface area (TPSA) is 117 Å². The number of ether oxygens (including phenoxy) is 1. The van der Waals surface area contributed by atoms with Gasteiger partial charge in [-0.3, -0.25) is 4.79 Å². The number of carbonyl (C=O) groups is 1. The smallest absolute Gasteiger partial charge is 0.259 e. The lowest BCUT2D eigenvalue weighted by Crippen LogP contribution is -2.38. The molecule has 2 aliphatic rings. The van der Waals surface area contributed by atoms with Gasteiger partial charge >= 0.3 is 0 Å². The van der Waals surface area contributed by atoms with E-state index in [1.165, 1.54) is 11.0 Å². The Balaban J connectivity index is 1.11. The summed E-state index contributed by atoms with van der Waals surface area (Å²) in [6, 6.07) is 8.78. The summed E-state index contributed by atoms with van der Waals surface area (Å²) in [6.45, 7) is 2.61. The molecule has 1 unspecified atom stereocenters. The fraction of sp³-hybridized carbons (Fsp3) is 0.357. The molecule has 1 aliphatic heterocycles. The van der Waals surface area contributed by atoms with Crippen LogP contribution in [0.2, 0.25) is 0 Å². The predicted molar refractivity (Wildman–Crippen MR) is 144 cm³/mol. The molecule has 4 aromatic heterocycles. The Kier molecular flexibility index (Phi) is 6.11. The van der Waals surface area contributed by atoms with Crippen LogP contribution in [0.25, 0.3) is 28.0 Å². The largest absolute Gasteiger partial charge is 0.357 e. The van der Waals surface area contributed by atoms with E-state index in [0.717, 1.165) is 42.6 Å². The fourth-order valence-electron chi connectivity index (χ4n) is 5.29. The van der Waals surface area contributed by atoms with E-state index >= 15 is 0 Å².